The largest absolute Gasteiger partial charge is 0.497 e. The van der Waals surface area contributed by atoms with E-state index in [9.17, 15) is 14.4 Å². The van der Waals surface area contributed by atoms with Crippen molar-refractivity contribution < 1.29 is 28.3 Å². The number of carbonyl (C=O) groups excluding carboxylic acids is 3. The first-order valence-electron chi connectivity index (χ1n) is 11.3. The maximum Gasteiger partial charge on any atom is 0.270 e. The van der Waals surface area contributed by atoms with Gasteiger partial charge in [-0.25, -0.2) is 0 Å². The summed E-state index contributed by atoms with van der Waals surface area (Å²) in [5.74, 6) is -0.803. The monoisotopic (exact) mass is 513 g/mol. The van der Waals surface area contributed by atoms with E-state index in [4.69, 9.17) is 25.4 Å². The minimum atomic E-state index is -1.06. The summed E-state index contributed by atoms with van der Waals surface area (Å²) >= 11 is 0.748. The molecule has 1 aliphatic heterocycles. The van der Waals surface area contributed by atoms with Crippen molar-refractivity contribution in [1.82, 2.24) is 14.6 Å². The average Bonchev–Trinajstić information content (AvgIpc) is 3.65. The number of carbonyl (C=O) groups is 3. The second kappa shape index (κ2) is 11.2. The van der Waals surface area contributed by atoms with Crippen LogP contribution in [0.1, 0.15) is 50.4 Å². The number of methoxy groups -OCH3 is 1. The topological polar surface area (TPSA) is 163 Å². The molecule has 1 aromatic carbocycles. The third-order valence-electron chi connectivity index (χ3n) is 5.84. The number of aromatic nitrogens is 1. The smallest absolute Gasteiger partial charge is 0.270 e. The van der Waals surface area contributed by atoms with Crippen LogP contribution >= 0.6 is 11.5 Å². The predicted molar refractivity (Wildman–Crippen MR) is 131 cm³/mol. The SMILES string of the molecule is COc1ccc([C@@H](C(=O)NC[C@H]2CCCO2)N(Cc2ccco2)C(=O)c2snc(C(N)=O)c2N)cc1. The molecule has 2 aromatic heterocycles. The Morgan fingerprint density at radius 3 is 2.64 bits per heavy atom. The van der Waals surface area contributed by atoms with E-state index in [0.29, 0.717) is 30.2 Å². The fraction of sp³-hybridized carbons (Fsp3) is 0.333. The Kier molecular flexibility index (Phi) is 7.86. The number of hydrogen-bond acceptors (Lipinski definition) is 9. The molecule has 2 atom stereocenters. The first-order valence-corrected chi connectivity index (χ1v) is 12.1. The highest BCUT2D eigenvalue weighted by atomic mass is 32.1. The quantitative estimate of drug-likeness (QED) is 0.371. The Hall–Kier alpha value is -3.90. The normalized spacial score (nSPS) is 15.9. The van der Waals surface area contributed by atoms with E-state index < -0.39 is 23.8 Å². The van der Waals surface area contributed by atoms with E-state index in [0.717, 1.165) is 24.4 Å². The first-order chi connectivity index (χ1) is 17.4. The summed E-state index contributed by atoms with van der Waals surface area (Å²) in [4.78, 5) is 40.5. The standard InChI is InChI=1S/C24H27N5O6S/c1-33-15-8-6-14(7-9-15)20(23(31)27-12-16-4-2-10-34-16)29(13-17-5-3-11-35-17)24(32)21-18(25)19(22(26)30)28-36-21/h3,5-9,11,16,20H,2,4,10,12-13,25H2,1H3,(H2,26,30)(H,27,31)/t16-,20+/m1/s1. The summed E-state index contributed by atoms with van der Waals surface area (Å²) in [5, 5.41) is 2.92. The van der Waals surface area contributed by atoms with E-state index in [-0.39, 0.29) is 28.9 Å². The lowest BCUT2D eigenvalue weighted by atomic mass is 10.0. The second-order valence-corrected chi connectivity index (χ2v) is 8.98. The number of primary amides is 1. The summed E-state index contributed by atoms with van der Waals surface area (Å²) < 4.78 is 20.3. The van der Waals surface area contributed by atoms with Gasteiger partial charge in [0.25, 0.3) is 11.8 Å². The number of nitrogen functional groups attached to an aromatic ring is 1. The van der Waals surface area contributed by atoms with Gasteiger partial charge in [-0.05, 0) is 54.2 Å². The summed E-state index contributed by atoms with van der Waals surface area (Å²) in [6.07, 6.45) is 3.16. The van der Waals surface area contributed by atoms with Crippen molar-refractivity contribution in [2.45, 2.75) is 31.5 Å². The van der Waals surface area contributed by atoms with Gasteiger partial charge in [0, 0.05) is 13.2 Å². The van der Waals surface area contributed by atoms with Gasteiger partial charge < -0.3 is 35.6 Å². The van der Waals surface area contributed by atoms with Gasteiger partial charge in [0.05, 0.1) is 31.7 Å². The molecule has 4 rings (SSSR count). The Bertz CT molecular complexity index is 1200. The number of hydrogen-bond donors (Lipinski definition) is 3. The highest BCUT2D eigenvalue weighted by Crippen LogP contribution is 2.31. The minimum Gasteiger partial charge on any atom is -0.497 e. The zero-order valence-corrected chi connectivity index (χ0v) is 20.5. The molecule has 1 aliphatic rings. The molecule has 1 saturated heterocycles. The van der Waals surface area contributed by atoms with Crippen LogP contribution in [0.4, 0.5) is 5.69 Å². The molecule has 0 radical (unpaired) electrons. The highest BCUT2D eigenvalue weighted by Gasteiger charge is 2.36. The van der Waals surface area contributed by atoms with Crippen LogP contribution in [0.2, 0.25) is 0 Å². The number of nitrogens with two attached hydrogens (primary N) is 2. The molecule has 1 fully saturated rings. The van der Waals surface area contributed by atoms with Crippen LogP contribution in [0.25, 0.3) is 0 Å². The zero-order valence-electron chi connectivity index (χ0n) is 19.6. The van der Waals surface area contributed by atoms with Crippen molar-refractivity contribution >= 4 is 34.9 Å². The predicted octanol–water partition coefficient (Wildman–Crippen LogP) is 2.10. The van der Waals surface area contributed by atoms with Crippen molar-refractivity contribution in [2.24, 2.45) is 5.73 Å². The number of nitrogens with zero attached hydrogens (tertiary/aromatic N) is 2. The van der Waals surface area contributed by atoms with Crippen LogP contribution in [-0.4, -0.2) is 53.4 Å². The van der Waals surface area contributed by atoms with Crippen LogP contribution in [-0.2, 0) is 16.1 Å². The molecule has 5 N–H and O–H groups in total. The van der Waals surface area contributed by atoms with Crippen molar-refractivity contribution in [3.05, 3.63) is 64.6 Å². The van der Waals surface area contributed by atoms with E-state index in [1.807, 2.05) is 0 Å². The second-order valence-electron chi connectivity index (χ2n) is 8.21. The fourth-order valence-corrected chi connectivity index (χ4v) is 4.75. The number of rotatable bonds is 10. The number of ether oxygens (including phenoxy) is 2. The van der Waals surface area contributed by atoms with Gasteiger partial charge in [0.2, 0.25) is 5.91 Å². The van der Waals surface area contributed by atoms with Crippen LogP contribution in [0.15, 0.2) is 47.1 Å². The Morgan fingerprint density at radius 2 is 2.06 bits per heavy atom. The van der Waals surface area contributed by atoms with Gasteiger partial charge in [0.1, 0.15) is 22.4 Å². The maximum atomic E-state index is 13.8. The van der Waals surface area contributed by atoms with E-state index in [1.54, 1.807) is 36.4 Å². The van der Waals surface area contributed by atoms with Gasteiger partial charge in [0.15, 0.2) is 5.69 Å². The van der Waals surface area contributed by atoms with Gasteiger partial charge >= 0.3 is 0 Å². The average molecular weight is 514 g/mol. The molecule has 3 heterocycles. The fourth-order valence-electron chi connectivity index (χ4n) is 3.99. The van der Waals surface area contributed by atoms with Crippen molar-refractivity contribution in [2.75, 3.05) is 26.0 Å². The highest BCUT2D eigenvalue weighted by molar-refractivity contribution is 7.09. The molecule has 190 valence electrons. The van der Waals surface area contributed by atoms with Crippen LogP contribution in [0, 0.1) is 0 Å². The molecule has 36 heavy (non-hydrogen) atoms. The van der Waals surface area contributed by atoms with Gasteiger partial charge in [-0.15, -0.1) is 0 Å². The Morgan fingerprint density at radius 1 is 1.28 bits per heavy atom. The molecule has 0 spiro atoms. The Labute approximate surface area is 211 Å². The first kappa shape index (κ1) is 25.2. The zero-order chi connectivity index (χ0) is 25.7. The molecule has 0 saturated carbocycles. The van der Waals surface area contributed by atoms with E-state index >= 15 is 0 Å². The summed E-state index contributed by atoms with van der Waals surface area (Å²) in [6.45, 7) is 0.917. The lowest BCUT2D eigenvalue weighted by Crippen LogP contribution is -2.45. The van der Waals surface area contributed by atoms with Crippen LogP contribution in [0.3, 0.4) is 0 Å². The minimum absolute atomic E-state index is 0.000735. The summed E-state index contributed by atoms with van der Waals surface area (Å²) in [5.41, 5.74) is 11.6. The maximum absolute atomic E-state index is 13.8. The molecule has 0 aliphatic carbocycles. The summed E-state index contributed by atoms with van der Waals surface area (Å²) in [7, 11) is 1.54. The molecular formula is C24H27N5O6S. The lowest BCUT2D eigenvalue weighted by molar-refractivity contribution is -0.126. The third-order valence-corrected chi connectivity index (χ3v) is 6.69. The van der Waals surface area contributed by atoms with Gasteiger partial charge in [-0.2, -0.15) is 4.37 Å². The molecule has 3 amide bonds. The number of nitrogens with one attached hydrogen (secondary N) is 1. The van der Waals surface area contributed by atoms with Crippen molar-refractivity contribution in [3.63, 3.8) is 0 Å². The lowest BCUT2D eigenvalue weighted by Gasteiger charge is -2.31. The molecule has 12 heteroatoms. The summed E-state index contributed by atoms with van der Waals surface area (Å²) in [6, 6.07) is 9.15. The third kappa shape index (κ3) is 5.50. The number of amides is 3. The van der Waals surface area contributed by atoms with E-state index in [2.05, 4.69) is 9.69 Å². The van der Waals surface area contributed by atoms with E-state index in [1.165, 1.54) is 18.3 Å². The van der Waals surface area contributed by atoms with Crippen LogP contribution < -0.4 is 21.5 Å². The molecule has 11 nitrogen and oxygen atoms in total. The molecule has 0 unspecified atom stereocenters. The van der Waals surface area contributed by atoms with Crippen molar-refractivity contribution in [3.8, 4) is 5.75 Å². The van der Waals surface area contributed by atoms with Crippen molar-refractivity contribution in [1.29, 1.82) is 0 Å². The number of furan rings is 1. The molecule has 0 bridgehead atoms. The van der Waals surface area contributed by atoms with Crippen LogP contribution in [0.5, 0.6) is 5.75 Å². The molecular weight excluding hydrogens is 486 g/mol. The van der Waals surface area contributed by atoms with Gasteiger partial charge in [-0.3, -0.25) is 14.4 Å². The molecule has 3 aromatic rings. The Balaban J connectivity index is 1.73. The number of benzene rings is 1. The number of anilines is 1. The van der Waals surface area contributed by atoms with Gasteiger partial charge in [-0.1, -0.05) is 12.1 Å².